The van der Waals surface area contributed by atoms with Gasteiger partial charge in [-0.3, -0.25) is 14.5 Å². The Morgan fingerprint density at radius 2 is 1.73 bits per heavy atom. The number of halogens is 1. The summed E-state index contributed by atoms with van der Waals surface area (Å²) in [5.74, 6) is -0.573. The number of anilines is 1. The van der Waals surface area contributed by atoms with Crippen LogP contribution in [0, 0.1) is 13.8 Å². The quantitative estimate of drug-likeness (QED) is 0.0460. The number of pyridine rings is 1. The summed E-state index contributed by atoms with van der Waals surface area (Å²) in [7, 11) is 0. The minimum Gasteiger partial charge on any atom is -0.505 e. The van der Waals surface area contributed by atoms with Gasteiger partial charge in [0.2, 0.25) is 5.13 Å². The number of aromatic nitrogens is 4. The van der Waals surface area contributed by atoms with Gasteiger partial charge in [-0.15, -0.1) is 10.2 Å². The molecule has 1 aliphatic heterocycles. The molecule has 0 radical (unpaired) electrons. The Kier molecular flexibility index (Phi) is 9.81. The average Bonchev–Trinajstić information content (AvgIpc) is 3.82. The topological polar surface area (TPSA) is 119 Å². The number of hydrogen-bond donors (Lipinski definition) is 1. The van der Waals surface area contributed by atoms with Crippen LogP contribution in [0.5, 0.6) is 11.5 Å². The monoisotopic (exact) mass is 737 g/mol. The Morgan fingerprint density at radius 1 is 0.941 bits per heavy atom. The zero-order valence-corrected chi connectivity index (χ0v) is 30.3. The minimum atomic E-state index is -1.07. The van der Waals surface area contributed by atoms with Crippen LogP contribution < -0.4 is 14.4 Å². The van der Waals surface area contributed by atoms with Crippen LogP contribution in [0.3, 0.4) is 0 Å². The van der Waals surface area contributed by atoms with Gasteiger partial charge < -0.3 is 19.0 Å². The van der Waals surface area contributed by atoms with E-state index in [2.05, 4.69) is 10.2 Å². The van der Waals surface area contributed by atoms with E-state index >= 15 is 0 Å². The molecule has 7 rings (SSSR count). The van der Waals surface area contributed by atoms with Crippen molar-refractivity contribution in [1.82, 2.24) is 19.6 Å². The summed E-state index contributed by atoms with van der Waals surface area (Å²) in [6, 6.07) is 25.2. The highest BCUT2D eigenvalue weighted by Gasteiger charge is 2.49. The number of ketones is 1. The lowest BCUT2D eigenvalue weighted by atomic mass is 9.96. The van der Waals surface area contributed by atoms with Crippen LogP contribution in [0.25, 0.3) is 11.4 Å². The van der Waals surface area contributed by atoms with Crippen molar-refractivity contribution >= 4 is 62.9 Å². The van der Waals surface area contributed by atoms with Crippen molar-refractivity contribution < 1.29 is 24.2 Å². The third-order valence-electron chi connectivity index (χ3n) is 8.45. The molecular formula is C38H32ClN5O5S2. The Bertz CT molecular complexity index is 2290. The van der Waals surface area contributed by atoms with Gasteiger partial charge in [-0.2, -0.15) is 0 Å². The molecule has 4 heterocycles. The van der Waals surface area contributed by atoms with E-state index < -0.39 is 17.7 Å². The highest BCUT2D eigenvalue weighted by molar-refractivity contribution is 8.00. The number of thioether (sulfide) groups is 1. The zero-order chi connectivity index (χ0) is 35.6. The number of hydrogen-bond acceptors (Lipinski definition) is 10. The number of benzene rings is 3. The number of ether oxygens (including phenoxy) is 2. The Hall–Kier alpha value is -5.17. The summed E-state index contributed by atoms with van der Waals surface area (Å²) < 4.78 is 14.6. The maximum Gasteiger partial charge on any atom is 0.301 e. The standard InChI is InChI=1S/C38H32ClN5O5S2/c1-4-48-29-19-26(14-17-28(29)49-20-24-10-6-5-7-11-24)32-30(33(45)31-23(3)43-18-8-9-22(2)35(43)40-31)34(46)36(47)44(32)37-41-42-38(51-37)50-21-25-12-15-27(39)16-13-25/h5-19,32,45H,4,20-21H2,1-3H3. The molecule has 1 unspecified atom stereocenters. The maximum absolute atomic E-state index is 14.0. The molecule has 13 heteroatoms. The van der Waals surface area contributed by atoms with Crippen LogP contribution in [-0.2, 0) is 21.9 Å². The van der Waals surface area contributed by atoms with Crippen LogP contribution in [-0.4, -0.2) is 43.0 Å². The number of fused-ring (bicyclic) bond motifs is 1. The molecule has 1 amide bonds. The molecule has 51 heavy (non-hydrogen) atoms. The van der Waals surface area contributed by atoms with Gasteiger partial charge in [0.15, 0.2) is 21.6 Å². The lowest BCUT2D eigenvalue weighted by Gasteiger charge is -2.23. The maximum atomic E-state index is 14.0. The summed E-state index contributed by atoms with van der Waals surface area (Å²) in [6.45, 7) is 6.24. The minimum absolute atomic E-state index is 0.116. The molecule has 3 aromatic heterocycles. The fraction of sp³-hybridized carbons (Fsp3) is 0.184. The summed E-state index contributed by atoms with van der Waals surface area (Å²) >= 11 is 8.68. The van der Waals surface area contributed by atoms with Gasteiger partial charge in [0.1, 0.15) is 17.9 Å². The molecule has 0 aliphatic carbocycles. The number of aryl methyl sites for hydroxylation is 2. The van der Waals surface area contributed by atoms with Crippen molar-refractivity contribution in [3.63, 3.8) is 0 Å². The van der Waals surface area contributed by atoms with Gasteiger partial charge >= 0.3 is 5.91 Å². The van der Waals surface area contributed by atoms with Crippen molar-refractivity contribution in [3.05, 3.63) is 135 Å². The number of amides is 1. The average molecular weight is 738 g/mol. The zero-order valence-electron chi connectivity index (χ0n) is 27.9. The van der Waals surface area contributed by atoms with Gasteiger partial charge in [-0.1, -0.05) is 89.3 Å². The lowest BCUT2D eigenvalue weighted by Crippen LogP contribution is -2.29. The second kappa shape index (κ2) is 14.6. The van der Waals surface area contributed by atoms with Crippen molar-refractivity contribution in [1.29, 1.82) is 0 Å². The third-order valence-corrected chi connectivity index (χ3v) is 10.8. The lowest BCUT2D eigenvalue weighted by molar-refractivity contribution is -0.132. The predicted octanol–water partition coefficient (Wildman–Crippen LogP) is 8.35. The first kappa shape index (κ1) is 34.3. The first-order valence-electron chi connectivity index (χ1n) is 16.1. The number of imidazole rings is 1. The largest absolute Gasteiger partial charge is 0.505 e. The van der Waals surface area contributed by atoms with E-state index in [0.717, 1.165) is 16.7 Å². The van der Waals surface area contributed by atoms with Crippen molar-refractivity contribution in [2.45, 2.75) is 43.5 Å². The van der Waals surface area contributed by atoms with Crippen molar-refractivity contribution in [2.24, 2.45) is 0 Å². The normalized spacial score (nSPS) is 15.5. The number of carbonyl (C=O) groups excluding carboxylic acids is 2. The smallest absolute Gasteiger partial charge is 0.301 e. The fourth-order valence-corrected chi connectivity index (χ4v) is 7.87. The van der Waals surface area contributed by atoms with Gasteiger partial charge in [0.05, 0.1) is 23.9 Å². The molecule has 0 bridgehead atoms. The van der Waals surface area contributed by atoms with Gasteiger partial charge in [0, 0.05) is 17.0 Å². The summed E-state index contributed by atoms with van der Waals surface area (Å²) in [4.78, 5) is 34.0. The van der Waals surface area contributed by atoms with E-state index in [1.807, 2.05) is 91.2 Å². The number of nitrogens with zero attached hydrogens (tertiary/aromatic N) is 5. The highest BCUT2D eigenvalue weighted by atomic mass is 35.5. The second-order valence-corrected chi connectivity index (χ2v) is 14.4. The molecule has 0 spiro atoms. The Morgan fingerprint density at radius 3 is 2.47 bits per heavy atom. The molecule has 10 nitrogen and oxygen atoms in total. The molecular weight excluding hydrogens is 706 g/mol. The molecule has 1 aliphatic rings. The Balaban J connectivity index is 1.31. The molecule has 6 aromatic rings. The van der Waals surface area contributed by atoms with Crippen LogP contribution >= 0.6 is 34.7 Å². The summed E-state index contributed by atoms with van der Waals surface area (Å²) in [5, 5.41) is 21.5. The van der Waals surface area contributed by atoms with Gasteiger partial charge in [-0.25, -0.2) is 4.98 Å². The number of aliphatic hydroxyl groups excluding tert-OH is 1. The molecule has 1 atom stereocenters. The summed E-state index contributed by atoms with van der Waals surface area (Å²) in [6.07, 6.45) is 1.84. The summed E-state index contributed by atoms with van der Waals surface area (Å²) in [5.41, 5.74) is 4.76. The van der Waals surface area contributed by atoms with E-state index in [0.29, 0.717) is 56.7 Å². The van der Waals surface area contributed by atoms with Gasteiger partial charge in [-0.05, 0) is 73.4 Å². The molecule has 3 aromatic carbocycles. The predicted molar refractivity (Wildman–Crippen MR) is 199 cm³/mol. The molecule has 1 N–H and O–H groups in total. The van der Waals surface area contributed by atoms with E-state index in [4.69, 9.17) is 26.1 Å². The van der Waals surface area contributed by atoms with Crippen LogP contribution in [0.2, 0.25) is 5.02 Å². The van der Waals surface area contributed by atoms with Crippen molar-refractivity contribution in [2.75, 3.05) is 11.5 Å². The van der Waals surface area contributed by atoms with Crippen molar-refractivity contribution in [3.8, 4) is 11.5 Å². The van der Waals surface area contributed by atoms with E-state index in [-0.39, 0.29) is 22.2 Å². The number of rotatable bonds is 11. The second-order valence-electron chi connectivity index (χ2n) is 11.8. The van der Waals surface area contributed by atoms with Crippen LogP contribution in [0.4, 0.5) is 5.13 Å². The fourth-order valence-electron chi connectivity index (χ4n) is 5.92. The number of carbonyl (C=O) groups is 2. The van der Waals surface area contributed by atoms with E-state index in [1.165, 1.54) is 28.0 Å². The van der Waals surface area contributed by atoms with Gasteiger partial charge in [0.25, 0.3) is 5.78 Å². The first-order valence-corrected chi connectivity index (χ1v) is 18.3. The molecule has 1 fully saturated rings. The SMILES string of the molecule is CCOc1cc(C2C(=C(O)c3nc4c(C)cccn4c3C)C(=O)C(=O)N2c2nnc(SCc3ccc(Cl)cc3)s2)ccc1OCc1ccccc1. The number of Topliss-reactive ketones (excluding diaryl/α,β-unsaturated/α-hetero) is 1. The highest BCUT2D eigenvalue weighted by Crippen LogP contribution is 2.46. The van der Waals surface area contributed by atoms with Crippen LogP contribution in [0.1, 0.15) is 46.6 Å². The number of aliphatic hydroxyl groups is 1. The molecule has 0 saturated carbocycles. The van der Waals surface area contributed by atoms with E-state index in [1.54, 1.807) is 25.1 Å². The molecule has 1 saturated heterocycles. The third kappa shape index (κ3) is 6.82. The van der Waals surface area contributed by atoms with Crippen LogP contribution in [0.15, 0.2) is 101 Å². The Labute approximate surface area is 307 Å². The molecule has 258 valence electrons. The van der Waals surface area contributed by atoms with E-state index in [9.17, 15) is 14.7 Å². The first-order chi connectivity index (χ1) is 24.7.